The molecule has 0 spiro atoms. The fraction of sp³-hybridized carbons (Fsp3) is 0.333. The molecule has 0 aromatic rings. The van der Waals surface area contributed by atoms with Crippen LogP contribution in [0.5, 0.6) is 0 Å². The van der Waals surface area contributed by atoms with E-state index in [0.29, 0.717) is 0 Å². The van der Waals surface area contributed by atoms with Crippen LogP contribution in [-0.2, 0) is 0 Å². The first-order valence-corrected chi connectivity index (χ1v) is 1.57. The number of halogens is 1. The number of hydrogen-bond donors (Lipinski definition) is 0. The van der Waals surface area contributed by atoms with Crippen LogP contribution in [-0.4, -0.2) is 0 Å². The Morgan fingerprint density at radius 2 is 2.25 bits per heavy atom. The number of hydrogen-bond acceptors (Lipinski definition) is 0. The smallest absolute Gasteiger partial charge is 0.0933 e. The molecule has 0 aromatic carbocycles. The maximum absolute atomic E-state index is 5.01. The second kappa shape index (κ2) is 3.03. The standard InChI is InChI=1S/C3H5Cl/c1-2-3-4/h2-3H,1H3/p+1. The summed E-state index contributed by atoms with van der Waals surface area (Å²) in [5.74, 6) is 0. The average molecular weight is 77.5 g/mol. The lowest BCUT2D eigenvalue weighted by molar-refractivity contribution is 1.78. The van der Waals surface area contributed by atoms with Crippen molar-refractivity contribution in [2.75, 3.05) is 0 Å². The molecule has 0 N–H and O–H groups in total. The van der Waals surface area contributed by atoms with E-state index in [2.05, 4.69) is 0 Å². The van der Waals surface area contributed by atoms with E-state index < -0.39 is 0 Å². The van der Waals surface area contributed by atoms with Crippen molar-refractivity contribution in [1.82, 2.24) is 0 Å². The van der Waals surface area contributed by atoms with Gasteiger partial charge in [0.05, 0.1) is 0 Å². The lowest BCUT2D eigenvalue weighted by Crippen LogP contribution is -1.20. The molecule has 0 rings (SSSR count). The van der Waals surface area contributed by atoms with Crippen LogP contribution in [0.3, 0.4) is 0 Å². The molecular formula is C3H6Cl+. The van der Waals surface area contributed by atoms with Crippen molar-refractivity contribution in [1.29, 1.82) is 0 Å². The van der Waals surface area contributed by atoms with Gasteiger partial charge in [-0.2, -0.15) is 0 Å². The van der Waals surface area contributed by atoms with Crippen molar-refractivity contribution in [3.63, 3.8) is 0 Å². The van der Waals surface area contributed by atoms with Gasteiger partial charge in [-0.05, 0) is 12.5 Å². The maximum atomic E-state index is 5.01. The fourth-order valence-electron chi connectivity index (χ4n) is 0. The summed E-state index contributed by atoms with van der Waals surface area (Å²) in [6.45, 7) is 1.87. The molecule has 4 heavy (non-hydrogen) atoms. The van der Waals surface area contributed by atoms with Crippen LogP contribution >= 0.6 is 11.6 Å². The monoisotopic (exact) mass is 77.0 g/mol. The van der Waals surface area contributed by atoms with Gasteiger partial charge in [0.2, 0.25) is 0 Å². The van der Waals surface area contributed by atoms with Crippen molar-refractivity contribution in [3.8, 4) is 0 Å². The number of rotatable bonds is 0. The second-order valence-corrected chi connectivity index (χ2v) is 0.711. The van der Waals surface area contributed by atoms with E-state index in [1.165, 1.54) is 5.54 Å². The van der Waals surface area contributed by atoms with Crippen LogP contribution in [0.4, 0.5) is 0 Å². The van der Waals surface area contributed by atoms with Gasteiger partial charge in [-0.25, -0.2) is 0 Å². The van der Waals surface area contributed by atoms with Gasteiger partial charge in [-0.15, -0.1) is 0 Å². The van der Waals surface area contributed by atoms with Gasteiger partial charge < -0.3 is 0 Å². The molecule has 0 saturated carbocycles. The summed E-state index contributed by atoms with van der Waals surface area (Å²) in [4.78, 5) is 0. The van der Waals surface area contributed by atoms with E-state index in [1.807, 2.05) is 6.92 Å². The molecule has 0 bridgehead atoms. The predicted molar refractivity (Wildman–Crippen MR) is 21.8 cm³/mol. The average Bonchev–Trinajstić information content (AvgIpc) is 1.37. The molecule has 1 heteroatoms. The van der Waals surface area contributed by atoms with Gasteiger partial charge in [0, 0.05) is 0 Å². The molecule has 0 saturated heterocycles. The first kappa shape index (κ1) is 4.03. The van der Waals surface area contributed by atoms with Crippen LogP contribution in [0.15, 0.2) is 11.6 Å². The minimum absolute atomic E-state index is 0. The topological polar surface area (TPSA) is 0 Å². The summed E-state index contributed by atoms with van der Waals surface area (Å²) in [7, 11) is 0. The van der Waals surface area contributed by atoms with E-state index in [0.717, 1.165) is 0 Å². The van der Waals surface area contributed by atoms with Gasteiger partial charge in [-0.3, -0.25) is 0 Å². The Morgan fingerprint density at radius 3 is 2.25 bits per heavy atom. The Kier molecular flexibility index (Phi) is 3.05. The Balaban J connectivity index is 0. The second-order valence-electron chi connectivity index (χ2n) is 0.459. The molecule has 0 aliphatic heterocycles. The van der Waals surface area contributed by atoms with E-state index in [4.69, 9.17) is 11.6 Å². The molecule has 0 unspecified atom stereocenters. The molecule has 24 valence electrons. The van der Waals surface area contributed by atoms with E-state index in [9.17, 15) is 0 Å². The minimum atomic E-state index is 0. The molecule has 0 fully saturated rings. The summed E-state index contributed by atoms with van der Waals surface area (Å²) in [6.07, 6.45) is 1.77. The highest BCUT2D eigenvalue weighted by Gasteiger charge is 1.37. The van der Waals surface area contributed by atoms with Gasteiger partial charge in [0.25, 0.3) is 0 Å². The normalized spacial score (nSPS) is 9.50. The van der Waals surface area contributed by atoms with Crippen LogP contribution < -0.4 is 0 Å². The predicted octanol–water partition coefficient (Wildman–Crippen LogP) is 1.87. The summed E-state index contributed by atoms with van der Waals surface area (Å²) < 4.78 is 0. The van der Waals surface area contributed by atoms with E-state index in [-0.39, 0.29) is 1.43 Å². The van der Waals surface area contributed by atoms with Crippen molar-refractivity contribution in [2.24, 2.45) is 0 Å². The summed E-state index contributed by atoms with van der Waals surface area (Å²) in [5, 5.41) is 0. The molecule has 0 atom stereocenters. The zero-order valence-electron chi connectivity index (χ0n) is 3.53. The highest BCUT2D eigenvalue weighted by molar-refractivity contribution is 6.25. The molecule has 0 amide bonds. The van der Waals surface area contributed by atoms with Crippen LogP contribution in [0, 0.1) is 0 Å². The fourth-order valence-corrected chi connectivity index (χ4v) is 0. The maximum Gasteiger partial charge on any atom is 1.00 e. The molecule has 0 nitrogen and oxygen atoms in total. The molecular weight excluding hydrogens is 71.5 g/mol. The third kappa shape index (κ3) is 2.03. The molecule has 0 aliphatic rings. The van der Waals surface area contributed by atoms with Crippen molar-refractivity contribution in [2.45, 2.75) is 6.92 Å². The third-order valence-electron chi connectivity index (χ3n) is 0.126. The minimum Gasteiger partial charge on any atom is -0.0933 e. The van der Waals surface area contributed by atoms with Crippen LogP contribution in [0.25, 0.3) is 0 Å². The Hall–Kier alpha value is 0.0300. The zero-order valence-corrected chi connectivity index (χ0v) is 3.29. The van der Waals surface area contributed by atoms with Crippen LogP contribution in [0.1, 0.15) is 8.35 Å². The highest BCUT2D eigenvalue weighted by Crippen LogP contribution is 1.70. The van der Waals surface area contributed by atoms with Gasteiger partial charge in [0.15, 0.2) is 0 Å². The van der Waals surface area contributed by atoms with Crippen LogP contribution in [0.2, 0.25) is 0 Å². The summed E-state index contributed by atoms with van der Waals surface area (Å²) in [5.41, 5.74) is 1.47. The lowest BCUT2D eigenvalue weighted by atomic mass is 10.8. The zero-order chi connectivity index (χ0) is 3.41. The molecule has 0 heterocycles. The largest absolute Gasteiger partial charge is 1.00 e. The number of allylic oxidation sites excluding steroid dienone is 1. The first-order chi connectivity index (χ1) is 1.91. The summed E-state index contributed by atoms with van der Waals surface area (Å²) >= 11 is 5.01. The van der Waals surface area contributed by atoms with E-state index >= 15 is 0 Å². The summed E-state index contributed by atoms with van der Waals surface area (Å²) in [6, 6.07) is 0. The van der Waals surface area contributed by atoms with Crippen molar-refractivity contribution < 1.29 is 1.43 Å². The van der Waals surface area contributed by atoms with Gasteiger partial charge >= 0.3 is 1.43 Å². The van der Waals surface area contributed by atoms with Gasteiger partial charge in [-0.1, -0.05) is 17.7 Å². The molecule has 0 aromatic heterocycles. The SMILES string of the molecule is CC=CCl.[H+]. The Bertz CT molecular complexity index is 22.1. The quantitative estimate of drug-likeness (QED) is 0.414. The Morgan fingerprint density at radius 1 is 2.00 bits per heavy atom. The first-order valence-electron chi connectivity index (χ1n) is 1.13. The lowest BCUT2D eigenvalue weighted by Gasteiger charge is -1.46. The molecule has 0 aliphatic carbocycles. The van der Waals surface area contributed by atoms with Crippen molar-refractivity contribution in [3.05, 3.63) is 11.6 Å². The van der Waals surface area contributed by atoms with Crippen molar-refractivity contribution >= 4 is 11.6 Å². The van der Waals surface area contributed by atoms with E-state index in [1.54, 1.807) is 6.08 Å². The third-order valence-corrected chi connectivity index (χ3v) is 0.378. The molecule has 0 radical (unpaired) electrons. The Labute approximate surface area is 32.6 Å². The van der Waals surface area contributed by atoms with Gasteiger partial charge in [0.1, 0.15) is 0 Å². The highest BCUT2D eigenvalue weighted by atomic mass is 35.5.